The Morgan fingerprint density at radius 1 is 1.28 bits per heavy atom. The Bertz CT molecular complexity index is 439. The van der Waals surface area contributed by atoms with Gasteiger partial charge in [0, 0.05) is 32.6 Å². The molecule has 0 N–H and O–H groups in total. The van der Waals surface area contributed by atoms with Crippen LogP contribution in [0.25, 0.3) is 0 Å². The van der Waals surface area contributed by atoms with E-state index in [9.17, 15) is 9.18 Å². The molecule has 0 aliphatic carbocycles. The predicted octanol–water partition coefficient (Wildman–Crippen LogP) is 2.19. The second-order valence-electron chi connectivity index (χ2n) is 4.68. The second kappa shape index (κ2) is 5.38. The summed E-state index contributed by atoms with van der Waals surface area (Å²) in [5.41, 5.74) is 1.57. The summed E-state index contributed by atoms with van der Waals surface area (Å²) in [4.78, 5) is 15.4. The molecule has 2 rings (SSSR count). The molecular formula is C14H19FN2O. The van der Waals surface area contributed by atoms with Crippen LogP contribution in [-0.4, -0.2) is 37.0 Å². The number of nitrogens with zero attached hydrogens (tertiary/aromatic N) is 2. The molecule has 1 aliphatic heterocycles. The number of amides is 1. The number of piperazine rings is 1. The van der Waals surface area contributed by atoms with Gasteiger partial charge in [-0.2, -0.15) is 0 Å². The van der Waals surface area contributed by atoms with E-state index in [0.29, 0.717) is 38.3 Å². The highest BCUT2D eigenvalue weighted by atomic mass is 19.1. The molecule has 98 valence electrons. The smallest absolute Gasteiger partial charge is 0.222 e. The molecule has 0 aromatic heterocycles. The van der Waals surface area contributed by atoms with Crippen LogP contribution < -0.4 is 4.90 Å². The van der Waals surface area contributed by atoms with E-state index in [4.69, 9.17) is 0 Å². The molecule has 1 aromatic carbocycles. The molecule has 1 saturated heterocycles. The molecule has 0 atom stereocenters. The van der Waals surface area contributed by atoms with Crippen molar-refractivity contribution in [3.63, 3.8) is 0 Å². The van der Waals surface area contributed by atoms with E-state index < -0.39 is 0 Å². The lowest BCUT2D eigenvalue weighted by Gasteiger charge is -2.36. The predicted molar refractivity (Wildman–Crippen MR) is 70.2 cm³/mol. The van der Waals surface area contributed by atoms with Gasteiger partial charge in [0.2, 0.25) is 5.91 Å². The molecule has 1 aliphatic rings. The molecule has 1 fully saturated rings. The Balaban J connectivity index is 2.03. The SMILES string of the molecule is CCC(=O)N1CCN(c2ccc(C)cc2F)CC1. The van der Waals surface area contributed by atoms with Gasteiger partial charge in [-0.1, -0.05) is 13.0 Å². The number of aryl methyl sites for hydroxylation is 1. The van der Waals surface area contributed by atoms with Crippen molar-refractivity contribution in [2.45, 2.75) is 20.3 Å². The molecule has 18 heavy (non-hydrogen) atoms. The van der Waals surface area contributed by atoms with Crippen molar-refractivity contribution in [3.05, 3.63) is 29.6 Å². The van der Waals surface area contributed by atoms with E-state index >= 15 is 0 Å². The van der Waals surface area contributed by atoms with Gasteiger partial charge in [-0.3, -0.25) is 4.79 Å². The first kappa shape index (κ1) is 12.9. The van der Waals surface area contributed by atoms with Crippen molar-refractivity contribution < 1.29 is 9.18 Å². The van der Waals surface area contributed by atoms with Crippen LogP contribution in [0.3, 0.4) is 0 Å². The van der Waals surface area contributed by atoms with Gasteiger partial charge in [0.1, 0.15) is 5.82 Å². The fourth-order valence-corrected chi connectivity index (χ4v) is 2.29. The van der Waals surface area contributed by atoms with E-state index in [-0.39, 0.29) is 11.7 Å². The minimum atomic E-state index is -0.176. The highest BCUT2D eigenvalue weighted by molar-refractivity contribution is 5.76. The first-order valence-electron chi connectivity index (χ1n) is 6.40. The summed E-state index contributed by atoms with van der Waals surface area (Å²) in [5, 5.41) is 0. The van der Waals surface area contributed by atoms with Crippen LogP contribution in [0, 0.1) is 12.7 Å². The first-order valence-corrected chi connectivity index (χ1v) is 6.40. The van der Waals surface area contributed by atoms with Crippen LogP contribution in [0.15, 0.2) is 18.2 Å². The lowest BCUT2D eigenvalue weighted by atomic mass is 10.2. The molecule has 4 heteroatoms. The number of hydrogen-bond donors (Lipinski definition) is 0. The van der Waals surface area contributed by atoms with Gasteiger partial charge < -0.3 is 9.80 Å². The number of hydrogen-bond acceptors (Lipinski definition) is 2. The van der Waals surface area contributed by atoms with Crippen LogP contribution in [0.4, 0.5) is 10.1 Å². The van der Waals surface area contributed by atoms with Gasteiger partial charge in [-0.15, -0.1) is 0 Å². The summed E-state index contributed by atoms with van der Waals surface area (Å²) < 4.78 is 13.8. The van der Waals surface area contributed by atoms with Crippen LogP contribution in [0.2, 0.25) is 0 Å². The standard InChI is InChI=1S/C14H19FN2O/c1-3-14(18)17-8-6-16(7-9-17)13-5-4-11(2)10-12(13)15/h4-5,10H,3,6-9H2,1-2H3. The van der Waals surface area contributed by atoms with Gasteiger partial charge in [-0.05, 0) is 24.6 Å². The van der Waals surface area contributed by atoms with Crippen molar-refractivity contribution in [2.24, 2.45) is 0 Å². The number of anilines is 1. The Morgan fingerprint density at radius 3 is 2.50 bits per heavy atom. The Morgan fingerprint density at radius 2 is 1.94 bits per heavy atom. The summed E-state index contributed by atoms with van der Waals surface area (Å²) in [5.74, 6) is 0.00398. The molecule has 1 amide bonds. The molecule has 3 nitrogen and oxygen atoms in total. The number of carbonyl (C=O) groups is 1. The summed E-state index contributed by atoms with van der Waals surface area (Å²) in [6.07, 6.45) is 0.541. The molecule has 0 unspecified atom stereocenters. The summed E-state index contributed by atoms with van der Waals surface area (Å²) in [6.45, 7) is 6.51. The molecule has 0 radical (unpaired) electrons. The third kappa shape index (κ3) is 2.63. The van der Waals surface area contributed by atoms with Gasteiger partial charge >= 0.3 is 0 Å². The maximum absolute atomic E-state index is 13.8. The molecule has 0 spiro atoms. The van der Waals surface area contributed by atoms with Crippen molar-refractivity contribution in [1.82, 2.24) is 4.90 Å². The Labute approximate surface area is 107 Å². The van der Waals surface area contributed by atoms with E-state index in [1.54, 1.807) is 6.07 Å². The highest BCUT2D eigenvalue weighted by Crippen LogP contribution is 2.21. The normalized spacial score (nSPS) is 15.9. The minimum Gasteiger partial charge on any atom is -0.366 e. The van der Waals surface area contributed by atoms with Crippen molar-refractivity contribution in [2.75, 3.05) is 31.1 Å². The fourth-order valence-electron chi connectivity index (χ4n) is 2.29. The second-order valence-corrected chi connectivity index (χ2v) is 4.68. The van der Waals surface area contributed by atoms with E-state index in [1.165, 1.54) is 0 Å². The fraction of sp³-hybridized carbons (Fsp3) is 0.500. The van der Waals surface area contributed by atoms with Gasteiger partial charge in [0.25, 0.3) is 0 Å². The number of carbonyl (C=O) groups excluding carboxylic acids is 1. The number of rotatable bonds is 2. The van der Waals surface area contributed by atoms with Gasteiger partial charge in [0.15, 0.2) is 0 Å². The summed E-state index contributed by atoms with van der Waals surface area (Å²) in [7, 11) is 0. The topological polar surface area (TPSA) is 23.6 Å². The number of benzene rings is 1. The molecule has 1 heterocycles. The van der Waals surface area contributed by atoms with Crippen molar-refractivity contribution in [3.8, 4) is 0 Å². The van der Waals surface area contributed by atoms with E-state index in [0.717, 1.165) is 5.56 Å². The number of halogens is 1. The first-order chi connectivity index (χ1) is 8.61. The molecule has 1 aromatic rings. The summed E-state index contributed by atoms with van der Waals surface area (Å²) >= 11 is 0. The van der Waals surface area contributed by atoms with Crippen LogP contribution in [-0.2, 0) is 4.79 Å². The van der Waals surface area contributed by atoms with E-state index in [2.05, 4.69) is 0 Å². The average Bonchev–Trinajstić information content (AvgIpc) is 2.38. The lowest BCUT2D eigenvalue weighted by Crippen LogP contribution is -2.48. The minimum absolute atomic E-state index is 0.176. The summed E-state index contributed by atoms with van der Waals surface area (Å²) in [6, 6.07) is 5.29. The maximum Gasteiger partial charge on any atom is 0.222 e. The van der Waals surface area contributed by atoms with Crippen LogP contribution in [0.5, 0.6) is 0 Å². The quantitative estimate of drug-likeness (QED) is 0.803. The zero-order valence-electron chi connectivity index (χ0n) is 10.9. The Hall–Kier alpha value is -1.58. The van der Waals surface area contributed by atoms with E-state index in [1.807, 2.05) is 35.8 Å². The average molecular weight is 250 g/mol. The van der Waals surface area contributed by atoms with Gasteiger partial charge in [-0.25, -0.2) is 4.39 Å². The largest absolute Gasteiger partial charge is 0.366 e. The Kier molecular flexibility index (Phi) is 3.84. The molecule has 0 bridgehead atoms. The van der Waals surface area contributed by atoms with Crippen LogP contribution >= 0.6 is 0 Å². The molecular weight excluding hydrogens is 231 g/mol. The third-order valence-corrected chi connectivity index (χ3v) is 3.38. The van der Waals surface area contributed by atoms with Crippen molar-refractivity contribution >= 4 is 11.6 Å². The van der Waals surface area contributed by atoms with Gasteiger partial charge in [0.05, 0.1) is 5.69 Å². The van der Waals surface area contributed by atoms with Crippen LogP contribution in [0.1, 0.15) is 18.9 Å². The third-order valence-electron chi connectivity index (χ3n) is 3.38. The molecule has 0 saturated carbocycles. The lowest BCUT2D eigenvalue weighted by molar-refractivity contribution is -0.131. The zero-order chi connectivity index (χ0) is 13.1. The zero-order valence-corrected chi connectivity index (χ0v) is 10.9. The monoisotopic (exact) mass is 250 g/mol. The highest BCUT2D eigenvalue weighted by Gasteiger charge is 2.21. The maximum atomic E-state index is 13.8. The van der Waals surface area contributed by atoms with Crippen molar-refractivity contribution in [1.29, 1.82) is 0 Å².